The lowest BCUT2D eigenvalue weighted by Gasteiger charge is -2.37. The van der Waals surface area contributed by atoms with Gasteiger partial charge in [0.1, 0.15) is 11.6 Å². The summed E-state index contributed by atoms with van der Waals surface area (Å²) in [6.45, 7) is 3.54. The van der Waals surface area contributed by atoms with Gasteiger partial charge in [0.2, 0.25) is 0 Å². The molecule has 0 radical (unpaired) electrons. The molecule has 234 valence electrons. The zero-order valence-corrected chi connectivity index (χ0v) is 26.9. The minimum atomic E-state index is -3.56. The minimum absolute atomic E-state index is 0.0257. The van der Waals surface area contributed by atoms with Crippen molar-refractivity contribution in [3.8, 4) is 0 Å². The number of hydrogen-bond donors (Lipinski definition) is 0. The molecule has 4 rings (SSSR count). The third-order valence-corrected chi connectivity index (χ3v) is 12.3. The molecule has 43 heavy (non-hydrogen) atoms. The largest absolute Gasteiger partial charge is 0.301 e. The molecular weight excluding hydrogens is 617 g/mol. The van der Waals surface area contributed by atoms with E-state index in [4.69, 9.17) is 0 Å². The smallest absolute Gasteiger partial charge is 0.178 e. The second-order valence-corrected chi connectivity index (χ2v) is 17.7. The van der Waals surface area contributed by atoms with Gasteiger partial charge in [-0.25, -0.2) is 34.0 Å². The summed E-state index contributed by atoms with van der Waals surface area (Å²) in [5.74, 6) is -1.54. The van der Waals surface area contributed by atoms with Gasteiger partial charge in [0, 0.05) is 30.5 Å². The molecule has 0 saturated carbocycles. The normalized spacial score (nSPS) is 17.0. The molecule has 2 atom stereocenters. The number of halogens is 2. The van der Waals surface area contributed by atoms with Crippen LogP contribution in [-0.4, -0.2) is 67.5 Å². The van der Waals surface area contributed by atoms with Crippen LogP contribution >= 0.6 is 0 Å². The Kier molecular flexibility index (Phi) is 10.1. The van der Waals surface area contributed by atoms with Gasteiger partial charge in [0.05, 0.1) is 20.4 Å². The van der Waals surface area contributed by atoms with Crippen molar-refractivity contribution in [1.29, 1.82) is 0 Å². The zero-order chi connectivity index (χ0) is 31.6. The van der Waals surface area contributed by atoms with Crippen LogP contribution in [0, 0.1) is 17.6 Å². The lowest BCUT2D eigenvalue weighted by molar-refractivity contribution is 0.131. The summed E-state index contributed by atoms with van der Waals surface area (Å²) in [7, 11) is -10.4. The first-order valence-corrected chi connectivity index (χ1v) is 19.5. The second-order valence-electron chi connectivity index (χ2n) is 11.5. The predicted octanol–water partition coefficient (Wildman–Crippen LogP) is 5.26. The molecule has 1 aliphatic heterocycles. The zero-order valence-electron chi connectivity index (χ0n) is 24.4. The number of piperidine rings is 1. The first-order chi connectivity index (χ1) is 20.0. The molecule has 0 spiro atoms. The average molecular weight is 654 g/mol. The molecule has 1 saturated heterocycles. The van der Waals surface area contributed by atoms with Crippen molar-refractivity contribution < 1.29 is 34.0 Å². The molecule has 0 bridgehead atoms. The van der Waals surface area contributed by atoms with Crippen LogP contribution in [-0.2, 0) is 29.5 Å². The monoisotopic (exact) mass is 653 g/mol. The highest BCUT2D eigenvalue weighted by Gasteiger charge is 2.28. The van der Waals surface area contributed by atoms with Gasteiger partial charge in [0.15, 0.2) is 29.5 Å². The number of rotatable bonds is 11. The molecule has 7 nitrogen and oxygen atoms in total. The molecule has 0 N–H and O–H groups in total. The summed E-state index contributed by atoms with van der Waals surface area (Å²) in [5, 5.41) is 0. The lowest BCUT2D eigenvalue weighted by Crippen LogP contribution is -2.41. The first kappa shape index (κ1) is 33.2. The van der Waals surface area contributed by atoms with Crippen molar-refractivity contribution in [1.82, 2.24) is 4.90 Å². The fourth-order valence-corrected chi connectivity index (χ4v) is 8.39. The van der Waals surface area contributed by atoms with Crippen LogP contribution in [0.2, 0.25) is 0 Å². The molecule has 1 unspecified atom stereocenters. The van der Waals surface area contributed by atoms with E-state index in [1.807, 2.05) is 0 Å². The molecule has 3 aromatic carbocycles. The van der Waals surface area contributed by atoms with E-state index in [0.29, 0.717) is 18.4 Å². The van der Waals surface area contributed by atoms with Crippen LogP contribution < -0.4 is 0 Å². The van der Waals surface area contributed by atoms with Gasteiger partial charge in [-0.15, -0.1) is 0 Å². The standard InChI is InChI=1S/C31H37F2NO6S3/c1-22(18-31(25-19-26(32)21-27(33)20-25)24-4-6-28(7-5-24)41(2,35)36)34-15-12-23(13-16-34)14-17-43(39,40)30-10-8-29(9-11-30)42(3,37)38/h4-11,19-23,31H,12-18H2,1-3H3/t22?,31-/m1/s1. The predicted molar refractivity (Wildman–Crippen MR) is 162 cm³/mol. The van der Waals surface area contributed by atoms with Crippen molar-refractivity contribution in [3.05, 3.63) is 89.5 Å². The van der Waals surface area contributed by atoms with E-state index in [1.165, 1.54) is 48.5 Å². The Hall–Kier alpha value is -2.67. The molecule has 0 aliphatic carbocycles. The van der Waals surface area contributed by atoms with Gasteiger partial charge in [-0.1, -0.05) is 12.1 Å². The Morgan fingerprint density at radius 1 is 0.721 bits per heavy atom. The topological polar surface area (TPSA) is 106 Å². The third kappa shape index (κ3) is 8.71. The molecule has 0 amide bonds. The fraction of sp³-hybridized carbons (Fsp3) is 0.419. The molecule has 1 fully saturated rings. The Morgan fingerprint density at radius 3 is 1.67 bits per heavy atom. The maximum Gasteiger partial charge on any atom is 0.178 e. The number of likely N-dealkylation sites (tertiary alicyclic amines) is 1. The second kappa shape index (κ2) is 13.1. The van der Waals surface area contributed by atoms with Crippen molar-refractivity contribution in [2.75, 3.05) is 31.4 Å². The van der Waals surface area contributed by atoms with E-state index in [9.17, 15) is 34.0 Å². The van der Waals surface area contributed by atoms with E-state index >= 15 is 0 Å². The van der Waals surface area contributed by atoms with Gasteiger partial charge < -0.3 is 4.90 Å². The Bertz CT molecular complexity index is 1730. The van der Waals surface area contributed by atoms with Crippen LogP contribution in [0.4, 0.5) is 8.78 Å². The summed E-state index contributed by atoms with van der Waals surface area (Å²) < 4.78 is 101. The average Bonchev–Trinajstić information content (AvgIpc) is 2.94. The van der Waals surface area contributed by atoms with E-state index in [-0.39, 0.29) is 38.3 Å². The molecule has 1 aliphatic rings. The Morgan fingerprint density at radius 2 is 1.19 bits per heavy atom. The number of hydrogen-bond acceptors (Lipinski definition) is 7. The highest BCUT2D eigenvalue weighted by molar-refractivity contribution is 7.91. The summed E-state index contributed by atoms with van der Waals surface area (Å²) >= 11 is 0. The molecule has 0 aromatic heterocycles. The molecule has 1 heterocycles. The van der Waals surface area contributed by atoms with Crippen molar-refractivity contribution in [3.63, 3.8) is 0 Å². The summed E-state index contributed by atoms with van der Waals surface area (Å²) in [4.78, 5) is 2.64. The van der Waals surface area contributed by atoms with Crippen LogP contribution in [0.1, 0.15) is 49.7 Å². The number of benzene rings is 3. The van der Waals surface area contributed by atoms with Gasteiger partial charge >= 0.3 is 0 Å². The Balaban J connectivity index is 1.40. The third-order valence-electron chi connectivity index (χ3n) is 8.25. The van der Waals surface area contributed by atoms with Crippen LogP contribution in [0.5, 0.6) is 0 Å². The minimum Gasteiger partial charge on any atom is -0.301 e. The van der Waals surface area contributed by atoms with Crippen molar-refractivity contribution in [2.45, 2.75) is 59.3 Å². The maximum absolute atomic E-state index is 14.2. The summed E-state index contributed by atoms with van der Waals surface area (Å²) in [6.07, 6.45) is 4.84. The van der Waals surface area contributed by atoms with Crippen LogP contribution in [0.15, 0.2) is 81.4 Å². The van der Waals surface area contributed by atoms with E-state index in [0.717, 1.165) is 50.1 Å². The van der Waals surface area contributed by atoms with Gasteiger partial charge in [-0.3, -0.25) is 0 Å². The van der Waals surface area contributed by atoms with E-state index in [1.54, 1.807) is 12.1 Å². The fourth-order valence-electron chi connectivity index (χ4n) is 5.69. The molecule has 12 heteroatoms. The lowest BCUT2D eigenvalue weighted by atomic mass is 9.85. The van der Waals surface area contributed by atoms with Gasteiger partial charge in [0.25, 0.3) is 0 Å². The first-order valence-electron chi connectivity index (χ1n) is 14.1. The highest BCUT2D eigenvalue weighted by Crippen LogP contribution is 2.34. The van der Waals surface area contributed by atoms with Crippen LogP contribution in [0.3, 0.4) is 0 Å². The molecular formula is C31H37F2NO6S3. The quantitative estimate of drug-likeness (QED) is 0.278. The highest BCUT2D eigenvalue weighted by atomic mass is 32.2. The molecule has 3 aromatic rings. The van der Waals surface area contributed by atoms with E-state index < -0.39 is 41.1 Å². The van der Waals surface area contributed by atoms with Crippen LogP contribution in [0.25, 0.3) is 0 Å². The van der Waals surface area contributed by atoms with Gasteiger partial charge in [-0.2, -0.15) is 0 Å². The van der Waals surface area contributed by atoms with Gasteiger partial charge in [-0.05, 0) is 111 Å². The van der Waals surface area contributed by atoms with Crippen molar-refractivity contribution in [2.24, 2.45) is 5.92 Å². The van der Waals surface area contributed by atoms with E-state index in [2.05, 4.69) is 11.8 Å². The Labute approximate surface area is 253 Å². The van der Waals surface area contributed by atoms with Crippen molar-refractivity contribution >= 4 is 29.5 Å². The number of sulfone groups is 3. The summed E-state index contributed by atoms with van der Waals surface area (Å²) in [6, 6.07) is 15.2. The maximum atomic E-state index is 14.2. The summed E-state index contributed by atoms with van der Waals surface area (Å²) in [5.41, 5.74) is 1.23. The SMILES string of the molecule is CC(C[C@H](c1ccc(S(C)(=O)=O)cc1)c1cc(F)cc(F)c1)N1CCC(CCS(=O)(=O)c2ccc(S(C)(=O)=O)cc2)CC1. The number of nitrogens with zero attached hydrogens (tertiary/aromatic N) is 1.